The Labute approximate surface area is 175 Å². The number of hydrogen-bond acceptors (Lipinski definition) is 3. The van der Waals surface area contributed by atoms with Gasteiger partial charge in [0.1, 0.15) is 63.0 Å². The van der Waals surface area contributed by atoms with Gasteiger partial charge in [0.05, 0.1) is 0 Å². The van der Waals surface area contributed by atoms with Crippen LogP contribution in [0.4, 0.5) is 0 Å². The van der Waals surface area contributed by atoms with Crippen LogP contribution in [0, 0.1) is 6.92 Å². The number of aryl methyl sites for hydroxylation is 1. The Kier molecular flexibility index (Phi) is 6.13. The van der Waals surface area contributed by atoms with Gasteiger partial charge in [-0.15, -0.1) is 0 Å². The largest absolute Gasteiger partial charge is 0.488 e. The van der Waals surface area contributed by atoms with Crippen molar-refractivity contribution >= 4 is 17.2 Å². The van der Waals surface area contributed by atoms with Gasteiger partial charge in [0.15, 0.2) is 0 Å². The van der Waals surface area contributed by atoms with E-state index in [0.717, 1.165) is 67.1 Å². The van der Waals surface area contributed by atoms with Gasteiger partial charge in [-0.3, -0.25) is 9.20 Å². The number of aromatic nitrogens is 2. The van der Waals surface area contributed by atoms with Gasteiger partial charge < -0.3 is 14.5 Å². The van der Waals surface area contributed by atoms with E-state index in [1.807, 2.05) is 49.4 Å². The van der Waals surface area contributed by atoms with Gasteiger partial charge >= 0.3 is 0 Å². The number of ether oxygens (including phenoxy) is 1. The molecule has 4 rings (SSSR count). The van der Waals surface area contributed by atoms with Gasteiger partial charge in [-0.05, 0) is 43.3 Å². The van der Waals surface area contributed by atoms with Crippen LogP contribution in [0.15, 0.2) is 53.3 Å². The van der Waals surface area contributed by atoms with E-state index in [-0.39, 0.29) is 5.56 Å². The normalized spacial score (nSPS) is 19.4. The standard InChI is InChI=1S/C22H25ClN4O2/c1-17-3-2-4-21-24-19(15-22(28)27(17)21)16-26-11-9-25(10-12-26)13-14-29-20-7-5-18(23)6-8-20/h2-8,15H,9-14,16H2,1H3/p+2. The minimum Gasteiger partial charge on any atom is -0.488 e. The molecule has 2 N–H and O–H groups in total. The zero-order valence-electron chi connectivity index (χ0n) is 16.7. The number of piperazine rings is 1. The molecule has 29 heavy (non-hydrogen) atoms. The van der Waals surface area contributed by atoms with Crippen molar-refractivity contribution in [1.29, 1.82) is 0 Å². The lowest BCUT2D eigenvalue weighted by molar-refractivity contribution is -1.02. The van der Waals surface area contributed by atoms with Gasteiger partial charge in [-0.2, -0.15) is 0 Å². The first kappa shape index (κ1) is 19.9. The third kappa shape index (κ3) is 4.96. The van der Waals surface area contributed by atoms with Crippen molar-refractivity contribution in [2.45, 2.75) is 13.5 Å². The summed E-state index contributed by atoms with van der Waals surface area (Å²) in [6, 6.07) is 15.0. The van der Waals surface area contributed by atoms with Crippen molar-refractivity contribution in [2.75, 3.05) is 39.3 Å². The van der Waals surface area contributed by atoms with Crippen LogP contribution in [0.2, 0.25) is 5.02 Å². The van der Waals surface area contributed by atoms with Gasteiger partial charge in [0.25, 0.3) is 5.56 Å². The number of benzene rings is 1. The van der Waals surface area contributed by atoms with Gasteiger partial charge in [0.2, 0.25) is 0 Å². The highest BCUT2D eigenvalue weighted by Gasteiger charge is 2.23. The number of nitrogens with one attached hydrogen (secondary N) is 2. The van der Waals surface area contributed by atoms with Crippen LogP contribution in [0.25, 0.3) is 5.65 Å². The molecule has 2 aromatic heterocycles. The maximum atomic E-state index is 12.5. The lowest BCUT2D eigenvalue weighted by atomic mass is 10.2. The molecule has 152 valence electrons. The molecule has 0 amide bonds. The first-order valence-corrected chi connectivity index (χ1v) is 10.5. The van der Waals surface area contributed by atoms with Crippen LogP contribution in [0.5, 0.6) is 5.75 Å². The van der Waals surface area contributed by atoms with Crippen molar-refractivity contribution in [3.63, 3.8) is 0 Å². The van der Waals surface area contributed by atoms with Crippen molar-refractivity contribution in [1.82, 2.24) is 9.38 Å². The summed E-state index contributed by atoms with van der Waals surface area (Å²) in [4.78, 5) is 20.2. The Balaban J connectivity index is 1.27. The monoisotopic (exact) mass is 414 g/mol. The molecule has 0 spiro atoms. The molecule has 1 aromatic carbocycles. The minimum atomic E-state index is 0.00566. The smallest absolute Gasteiger partial charge is 0.258 e. The molecular formula is C22H27ClN4O2+2. The van der Waals surface area contributed by atoms with E-state index in [1.165, 1.54) is 4.90 Å². The van der Waals surface area contributed by atoms with Crippen molar-refractivity contribution < 1.29 is 14.5 Å². The fraction of sp³-hybridized carbons (Fsp3) is 0.364. The van der Waals surface area contributed by atoms with Crippen molar-refractivity contribution in [3.05, 3.63) is 75.3 Å². The first-order valence-electron chi connectivity index (χ1n) is 10.1. The number of rotatable bonds is 6. The lowest BCUT2D eigenvalue weighted by Gasteiger charge is -2.29. The summed E-state index contributed by atoms with van der Waals surface area (Å²) in [5.74, 6) is 0.863. The lowest BCUT2D eigenvalue weighted by Crippen LogP contribution is -3.27. The highest BCUT2D eigenvalue weighted by molar-refractivity contribution is 6.30. The number of pyridine rings is 1. The van der Waals surface area contributed by atoms with Gasteiger partial charge in [-0.1, -0.05) is 17.7 Å². The van der Waals surface area contributed by atoms with Crippen LogP contribution >= 0.6 is 11.6 Å². The van der Waals surface area contributed by atoms with Gasteiger partial charge in [0, 0.05) is 16.8 Å². The molecule has 0 bridgehead atoms. The summed E-state index contributed by atoms with van der Waals surface area (Å²) in [6.45, 7) is 8.78. The molecular weight excluding hydrogens is 388 g/mol. The second kappa shape index (κ2) is 8.95. The zero-order valence-corrected chi connectivity index (χ0v) is 17.4. The Morgan fingerprint density at radius 1 is 1.07 bits per heavy atom. The summed E-state index contributed by atoms with van der Waals surface area (Å²) < 4.78 is 7.48. The second-order valence-electron chi connectivity index (χ2n) is 7.68. The fourth-order valence-electron chi connectivity index (χ4n) is 3.94. The molecule has 1 aliphatic heterocycles. The van der Waals surface area contributed by atoms with Crippen LogP contribution in [0.1, 0.15) is 11.4 Å². The molecule has 3 aromatic rings. The molecule has 7 heteroatoms. The molecule has 1 fully saturated rings. The number of halogens is 1. The predicted octanol–water partition coefficient (Wildman–Crippen LogP) is 0.0187. The van der Waals surface area contributed by atoms with Crippen molar-refractivity contribution in [2.24, 2.45) is 0 Å². The van der Waals surface area contributed by atoms with Crippen molar-refractivity contribution in [3.8, 4) is 5.75 Å². The average molecular weight is 415 g/mol. The summed E-state index contributed by atoms with van der Waals surface area (Å²) in [5, 5.41) is 0.723. The van der Waals surface area contributed by atoms with E-state index in [4.69, 9.17) is 21.3 Å². The molecule has 0 aliphatic carbocycles. The van der Waals surface area contributed by atoms with E-state index in [1.54, 1.807) is 15.4 Å². The quantitative estimate of drug-likeness (QED) is 0.598. The topological polar surface area (TPSA) is 52.5 Å². The molecule has 3 heterocycles. The minimum absolute atomic E-state index is 0.00566. The number of quaternary nitrogens is 2. The fourth-order valence-corrected chi connectivity index (χ4v) is 4.06. The number of hydrogen-bond donors (Lipinski definition) is 2. The van der Waals surface area contributed by atoms with Crippen LogP contribution in [-0.4, -0.2) is 48.7 Å². The summed E-state index contributed by atoms with van der Waals surface area (Å²) in [5.41, 5.74) is 2.53. The summed E-state index contributed by atoms with van der Waals surface area (Å²) >= 11 is 5.90. The van der Waals surface area contributed by atoms with E-state index >= 15 is 0 Å². The zero-order chi connectivity index (χ0) is 20.2. The average Bonchev–Trinajstić information content (AvgIpc) is 2.71. The Morgan fingerprint density at radius 2 is 1.79 bits per heavy atom. The van der Waals surface area contributed by atoms with E-state index in [9.17, 15) is 4.79 Å². The second-order valence-corrected chi connectivity index (χ2v) is 8.11. The third-order valence-electron chi connectivity index (χ3n) is 5.57. The van der Waals surface area contributed by atoms with Crippen LogP contribution in [-0.2, 0) is 6.54 Å². The Bertz CT molecular complexity index is 1030. The SMILES string of the molecule is Cc1cccc2nc(C[NH+]3CC[NH+](CCOc4ccc(Cl)cc4)CC3)cc(=O)n12. The first-order chi connectivity index (χ1) is 14.1. The van der Waals surface area contributed by atoms with Crippen LogP contribution in [0.3, 0.4) is 0 Å². The molecule has 0 saturated carbocycles. The summed E-state index contributed by atoms with van der Waals surface area (Å²) in [7, 11) is 0. The maximum absolute atomic E-state index is 12.5. The highest BCUT2D eigenvalue weighted by Crippen LogP contribution is 2.14. The molecule has 0 unspecified atom stereocenters. The Hall–Kier alpha value is -2.41. The predicted molar refractivity (Wildman–Crippen MR) is 113 cm³/mol. The Morgan fingerprint density at radius 3 is 2.55 bits per heavy atom. The van der Waals surface area contributed by atoms with Gasteiger partial charge in [-0.25, -0.2) is 4.98 Å². The summed E-state index contributed by atoms with van der Waals surface area (Å²) in [6.07, 6.45) is 0. The molecule has 1 aliphatic rings. The highest BCUT2D eigenvalue weighted by atomic mass is 35.5. The van der Waals surface area contributed by atoms with E-state index < -0.39 is 0 Å². The molecule has 6 nitrogen and oxygen atoms in total. The molecule has 0 radical (unpaired) electrons. The van der Waals surface area contributed by atoms with Crippen LogP contribution < -0.4 is 20.1 Å². The maximum Gasteiger partial charge on any atom is 0.258 e. The molecule has 0 atom stereocenters. The van der Waals surface area contributed by atoms with E-state index in [2.05, 4.69) is 0 Å². The molecule has 1 saturated heterocycles. The number of fused-ring (bicyclic) bond motifs is 1. The third-order valence-corrected chi connectivity index (χ3v) is 5.82. The number of nitrogens with zero attached hydrogens (tertiary/aromatic N) is 2. The van der Waals surface area contributed by atoms with E-state index in [0.29, 0.717) is 6.61 Å².